The van der Waals surface area contributed by atoms with Gasteiger partial charge in [0.25, 0.3) is 0 Å². The normalized spacial score (nSPS) is 22.0. The predicted octanol–water partition coefficient (Wildman–Crippen LogP) is 5.94. The molecule has 0 aliphatic heterocycles. The topological polar surface area (TPSA) is 29.1 Å². The first-order valence-corrected chi connectivity index (χ1v) is 9.60. The quantitative estimate of drug-likeness (QED) is 0.573. The van der Waals surface area contributed by atoms with Crippen molar-refractivity contribution >= 4 is 11.6 Å². The number of carbonyl (C=O) groups excluding carboxylic acids is 1. The minimum atomic E-state index is -4.52. The van der Waals surface area contributed by atoms with E-state index >= 15 is 0 Å². The summed E-state index contributed by atoms with van der Waals surface area (Å²) in [7, 11) is 0. The molecule has 1 amide bonds. The van der Waals surface area contributed by atoms with Gasteiger partial charge in [-0.2, -0.15) is 13.2 Å². The van der Waals surface area contributed by atoms with E-state index in [2.05, 4.69) is 17.4 Å². The Bertz CT molecular complexity index is 1060. The summed E-state index contributed by atoms with van der Waals surface area (Å²) >= 11 is 0. The Labute approximate surface area is 166 Å². The summed E-state index contributed by atoms with van der Waals surface area (Å²) in [4.78, 5) is 13.2. The van der Waals surface area contributed by atoms with Crippen molar-refractivity contribution in [1.29, 1.82) is 0 Å². The first-order chi connectivity index (χ1) is 13.9. The van der Waals surface area contributed by atoms with Gasteiger partial charge in [-0.15, -0.1) is 0 Å². The van der Waals surface area contributed by atoms with Gasteiger partial charge in [0.05, 0.1) is 17.2 Å². The minimum Gasteiger partial charge on any atom is -0.325 e. The maximum absolute atomic E-state index is 13.3. The molecule has 1 N–H and O–H groups in total. The smallest absolute Gasteiger partial charge is 0.325 e. The SMILES string of the molecule is O=C(Nc1ccccc1C(F)(F)F)[C@H]1CC2c3ccccc3C1c1ccccc12. The molecule has 6 rings (SSSR count). The van der Waals surface area contributed by atoms with Crippen LogP contribution in [0.15, 0.2) is 72.8 Å². The highest BCUT2D eigenvalue weighted by Crippen LogP contribution is 2.55. The largest absolute Gasteiger partial charge is 0.418 e. The Kier molecular flexibility index (Phi) is 4.02. The number of rotatable bonds is 2. The number of nitrogens with one attached hydrogen (secondary N) is 1. The number of hydrogen-bond acceptors (Lipinski definition) is 1. The molecule has 5 heteroatoms. The molecule has 0 spiro atoms. The number of alkyl halides is 3. The summed E-state index contributed by atoms with van der Waals surface area (Å²) in [6.07, 6.45) is -3.92. The van der Waals surface area contributed by atoms with E-state index in [9.17, 15) is 18.0 Å². The lowest BCUT2D eigenvalue weighted by Crippen LogP contribution is -2.39. The van der Waals surface area contributed by atoms with Crippen LogP contribution in [0.2, 0.25) is 0 Å². The van der Waals surface area contributed by atoms with Gasteiger partial charge in [-0.25, -0.2) is 0 Å². The standard InChI is InChI=1S/C24H18F3NO/c25-24(26,27)20-11-5-6-12-21(20)28-23(29)19-13-18-14-7-1-3-9-16(14)22(19)17-10-4-2-8-15(17)18/h1-12,18-19,22H,13H2,(H,28,29)/t18?,19-,22?/m0/s1. The molecule has 2 bridgehead atoms. The molecular formula is C24H18F3NO. The van der Waals surface area contributed by atoms with E-state index in [0.717, 1.165) is 17.2 Å². The van der Waals surface area contributed by atoms with Crippen molar-refractivity contribution in [3.05, 3.63) is 101 Å². The molecule has 0 saturated heterocycles. The van der Waals surface area contributed by atoms with Crippen molar-refractivity contribution in [2.24, 2.45) is 5.92 Å². The number of halogens is 3. The average Bonchev–Trinajstić information content (AvgIpc) is 2.73. The van der Waals surface area contributed by atoms with Gasteiger partial charge >= 0.3 is 6.18 Å². The molecule has 0 heterocycles. The zero-order chi connectivity index (χ0) is 20.2. The molecule has 3 aliphatic rings. The van der Waals surface area contributed by atoms with E-state index in [1.54, 1.807) is 0 Å². The highest BCUT2D eigenvalue weighted by Gasteiger charge is 2.46. The lowest BCUT2D eigenvalue weighted by Gasteiger charge is -2.44. The van der Waals surface area contributed by atoms with Crippen molar-refractivity contribution < 1.29 is 18.0 Å². The van der Waals surface area contributed by atoms with Crippen LogP contribution in [0.3, 0.4) is 0 Å². The first kappa shape index (κ1) is 18.0. The molecule has 3 aromatic rings. The lowest BCUT2D eigenvalue weighted by molar-refractivity contribution is -0.137. The number of benzene rings is 3. The number of para-hydroxylation sites is 1. The third-order valence-corrected chi connectivity index (χ3v) is 6.13. The summed E-state index contributed by atoms with van der Waals surface area (Å²) in [6.45, 7) is 0. The van der Waals surface area contributed by atoms with Crippen molar-refractivity contribution in [2.45, 2.75) is 24.4 Å². The van der Waals surface area contributed by atoms with Crippen LogP contribution >= 0.6 is 0 Å². The van der Waals surface area contributed by atoms with E-state index in [1.165, 1.54) is 29.3 Å². The van der Waals surface area contributed by atoms with Gasteiger partial charge in [0.1, 0.15) is 0 Å². The van der Waals surface area contributed by atoms with Crippen LogP contribution in [0.5, 0.6) is 0 Å². The molecular weight excluding hydrogens is 375 g/mol. The molecule has 0 radical (unpaired) electrons. The van der Waals surface area contributed by atoms with E-state index in [4.69, 9.17) is 0 Å². The summed E-state index contributed by atoms with van der Waals surface area (Å²) < 4.78 is 40.0. The molecule has 0 aromatic heterocycles. The van der Waals surface area contributed by atoms with Crippen LogP contribution in [0, 0.1) is 5.92 Å². The number of amides is 1. The van der Waals surface area contributed by atoms with Gasteiger partial charge < -0.3 is 5.32 Å². The van der Waals surface area contributed by atoms with Crippen LogP contribution in [-0.4, -0.2) is 5.91 Å². The highest BCUT2D eigenvalue weighted by atomic mass is 19.4. The lowest BCUT2D eigenvalue weighted by atomic mass is 9.59. The number of anilines is 1. The van der Waals surface area contributed by atoms with Crippen LogP contribution < -0.4 is 5.32 Å². The Morgan fingerprint density at radius 3 is 1.90 bits per heavy atom. The van der Waals surface area contributed by atoms with Crippen LogP contribution in [0.4, 0.5) is 18.9 Å². The highest BCUT2D eigenvalue weighted by molar-refractivity contribution is 5.95. The van der Waals surface area contributed by atoms with Gasteiger partial charge in [0, 0.05) is 11.8 Å². The minimum absolute atomic E-state index is 0.0843. The summed E-state index contributed by atoms with van der Waals surface area (Å²) in [5.74, 6) is -0.835. The maximum atomic E-state index is 13.3. The van der Waals surface area contributed by atoms with Crippen molar-refractivity contribution in [3.8, 4) is 0 Å². The van der Waals surface area contributed by atoms with E-state index in [1.807, 2.05) is 36.4 Å². The second kappa shape index (κ2) is 6.48. The van der Waals surface area contributed by atoms with Gasteiger partial charge in [0.15, 0.2) is 0 Å². The Morgan fingerprint density at radius 1 is 0.793 bits per heavy atom. The number of carbonyl (C=O) groups is 1. The molecule has 2 nitrogen and oxygen atoms in total. The summed E-state index contributed by atoms with van der Waals surface area (Å²) in [6, 6.07) is 21.3. The average molecular weight is 393 g/mol. The second-order valence-electron chi connectivity index (χ2n) is 7.66. The molecule has 146 valence electrons. The third kappa shape index (κ3) is 2.84. The van der Waals surface area contributed by atoms with Gasteiger partial charge in [-0.3, -0.25) is 4.79 Å². The molecule has 3 aliphatic carbocycles. The fraction of sp³-hybridized carbons (Fsp3) is 0.208. The Morgan fingerprint density at radius 2 is 1.31 bits per heavy atom. The van der Waals surface area contributed by atoms with Gasteiger partial charge in [-0.05, 0) is 40.8 Å². The van der Waals surface area contributed by atoms with E-state index in [0.29, 0.717) is 6.42 Å². The molecule has 0 fully saturated rings. The van der Waals surface area contributed by atoms with E-state index in [-0.39, 0.29) is 23.4 Å². The Hall–Kier alpha value is -3.08. The van der Waals surface area contributed by atoms with Gasteiger partial charge in [-0.1, -0.05) is 60.7 Å². The molecule has 29 heavy (non-hydrogen) atoms. The maximum Gasteiger partial charge on any atom is 0.418 e. The fourth-order valence-corrected chi connectivity index (χ4v) is 4.96. The monoisotopic (exact) mass is 393 g/mol. The molecule has 0 unspecified atom stereocenters. The molecule has 0 saturated carbocycles. The number of fused-ring (bicyclic) bond motifs is 1. The van der Waals surface area contributed by atoms with Crippen LogP contribution in [0.1, 0.15) is 46.1 Å². The van der Waals surface area contributed by atoms with Crippen molar-refractivity contribution in [2.75, 3.05) is 5.32 Å². The summed E-state index contributed by atoms with van der Waals surface area (Å²) in [5, 5.41) is 2.57. The predicted molar refractivity (Wildman–Crippen MR) is 105 cm³/mol. The van der Waals surface area contributed by atoms with Gasteiger partial charge in [0.2, 0.25) is 5.91 Å². The zero-order valence-electron chi connectivity index (χ0n) is 15.4. The second-order valence-corrected chi connectivity index (χ2v) is 7.66. The third-order valence-electron chi connectivity index (χ3n) is 6.13. The zero-order valence-corrected chi connectivity index (χ0v) is 15.4. The summed E-state index contributed by atoms with van der Waals surface area (Å²) in [5.41, 5.74) is 3.63. The van der Waals surface area contributed by atoms with Crippen LogP contribution in [-0.2, 0) is 11.0 Å². The Balaban J connectivity index is 1.54. The molecule has 3 aromatic carbocycles. The van der Waals surface area contributed by atoms with E-state index < -0.39 is 17.7 Å². The fourth-order valence-electron chi connectivity index (χ4n) is 4.96. The van der Waals surface area contributed by atoms with Crippen molar-refractivity contribution in [1.82, 2.24) is 0 Å². The molecule has 1 atom stereocenters. The number of hydrogen-bond donors (Lipinski definition) is 1. The first-order valence-electron chi connectivity index (χ1n) is 9.60. The van der Waals surface area contributed by atoms with Crippen LogP contribution in [0.25, 0.3) is 0 Å². The van der Waals surface area contributed by atoms with Crippen molar-refractivity contribution in [3.63, 3.8) is 0 Å².